The highest BCUT2D eigenvalue weighted by Gasteiger charge is 2.33. The minimum Gasteiger partial charge on any atom is -0.356 e. The fourth-order valence-corrected chi connectivity index (χ4v) is 2.90. The Kier molecular flexibility index (Phi) is 5.01. The summed E-state index contributed by atoms with van der Waals surface area (Å²) in [5.74, 6) is 1.04. The molecular weight excluding hydrogens is 232 g/mol. The quantitative estimate of drug-likeness (QED) is 0.759. The van der Waals surface area contributed by atoms with Gasteiger partial charge in [0.2, 0.25) is 0 Å². The average Bonchev–Trinajstić information content (AvgIpc) is 2.83. The third kappa shape index (κ3) is 3.44. The summed E-state index contributed by atoms with van der Waals surface area (Å²) in [5, 5.41) is 0. The zero-order valence-corrected chi connectivity index (χ0v) is 11.9. The number of rotatable bonds is 5. The first-order chi connectivity index (χ1) is 8.60. The van der Waals surface area contributed by atoms with Crippen molar-refractivity contribution in [2.75, 3.05) is 13.7 Å². The molecule has 106 valence electrons. The van der Waals surface area contributed by atoms with Crippen molar-refractivity contribution in [2.45, 2.75) is 64.8 Å². The third-order valence-corrected chi connectivity index (χ3v) is 4.01. The zero-order valence-electron chi connectivity index (χ0n) is 11.9. The van der Waals surface area contributed by atoms with Crippen molar-refractivity contribution in [3.63, 3.8) is 0 Å². The monoisotopic (exact) mass is 258 g/mol. The SMILES string of the molecule is COC1CC(C)C(CCOC2OC(C)CC2C)O1. The van der Waals surface area contributed by atoms with Crippen LogP contribution in [0.4, 0.5) is 0 Å². The Morgan fingerprint density at radius 2 is 1.83 bits per heavy atom. The molecule has 6 unspecified atom stereocenters. The van der Waals surface area contributed by atoms with Crippen LogP contribution in [0.3, 0.4) is 0 Å². The molecule has 2 aliphatic heterocycles. The lowest BCUT2D eigenvalue weighted by molar-refractivity contribution is -0.157. The lowest BCUT2D eigenvalue weighted by atomic mass is 10.0. The Morgan fingerprint density at radius 3 is 2.39 bits per heavy atom. The molecule has 2 saturated heterocycles. The van der Waals surface area contributed by atoms with E-state index < -0.39 is 0 Å². The zero-order chi connectivity index (χ0) is 13.1. The Labute approximate surface area is 110 Å². The van der Waals surface area contributed by atoms with Gasteiger partial charge >= 0.3 is 0 Å². The van der Waals surface area contributed by atoms with Gasteiger partial charge in [0.05, 0.1) is 18.8 Å². The number of hydrogen-bond acceptors (Lipinski definition) is 4. The molecule has 2 rings (SSSR count). The van der Waals surface area contributed by atoms with Gasteiger partial charge in [0.15, 0.2) is 12.6 Å². The molecule has 0 aromatic rings. The first kappa shape index (κ1) is 14.3. The van der Waals surface area contributed by atoms with E-state index in [2.05, 4.69) is 20.8 Å². The van der Waals surface area contributed by atoms with Crippen molar-refractivity contribution in [1.82, 2.24) is 0 Å². The van der Waals surface area contributed by atoms with Crippen LogP contribution in [0.5, 0.6) is 0 Å². The van der Waals surface area contributed by atoms with Crippen molar-refractivity contribution < 1.29 is 18.9 Å². The predicted molar refractivity (Wildman–Crippen MR) is 68.1 cm³/mol. The van der Waals surface area contributed by atoms with Crippen LogP contribution in [0.15, 0.2) is 0 Å². The molecular formula is C14H26O4. The summed E-state index contributed by atoms with van der Waals surface area (Å²) in [6.07, 6.45) is 3.50. The van der Waals surface area contributed by atoms with E-state index in [1.165, 1.54) is 0 Å². The van der Waals surface area contributed by atoms with Gasteiger partial charge in [-0.1, -0.05) is 13.8 Å². The van der Waals surface area contributed by atoms with Gasteiger partial charge in [-0.2, -0.15) is 0 Å². The van der Waals surface area contributed by atoms with E-state index in [-0.39, 0.29) is 18.7 Å². The maximum Gasteiger partial charge on any atom is 0.160 e. The van der Waals surface area contributed by atoms with E-state index in [9.17, 15) is 0 Å². The molecule has 4 nitrogen and oxygen atoms in total. The summed E-state index contributed by atoms with van der Waals surface area (Å²) in [6, 6.07) is 0. The summed E-state index contributed by atoms with van der Waals surface area (Å²) in [4.78, 5) is 0. The molecule has 2 heterocycles. The third-order valence-electron chi connectivity index (χ3n) is 4.01. The molecule has 0 spiro atoms. The highest BCUT2D eigenvalue weighted by Crippen LogP contribution is 2.30. The standard InChI is InChI=1S/C14H26O4/c1-9-8-13(15-4)18-12(9)5-6-16-14-10(2)7-11(3)17-14/h9-14H,5-8H2,1-4H3. The van der Waals surface area contributed by atoms with Crippen LogP contribution in [0, 0.1) is 11.8 Å². The van der Waals surface area contributed by atoms with E-state index >= 15 is 0 Å². The van der Waals surface area contributed by atoms with Crippen molar-refractivity contribution in [3.8, 4) is 0 Å². The smallest absolute Gasteiger partial charge is 0.160 e. The molecule has 0 radical (unpaired) electrons. The Hall–Kier alpha value is -0.160. The minimum absolute atomic E-state index is 0.0325. The molecule has 4 heteroatoms. The number of hydrogen-bond donors (Lipinski definition) is 0. The Bertz CT molecular complexity index is 258. The normalized spacial score (nSPS) is 44.7. The largest absolute Gasteiger partial charge is 0.356 e. The molecule has 0 N–H and O–H groups in total. The van der Waals surface area contributed by atoms with Crippen LogP contribution in [0.25, 0.3) is 0 Å². The van der Waals surface area contributed by atoms with Gasteiger partial charge in [0.25, 0.3) is 0 Å². The summed E-state index contributed by atoms with van der Waals surface area (Å²) in [7, 11) is 1.70. The molecule has 0 bridgehead atoms. The van der Waals surface area contributed by atoms with Gasteiger partial charge in [-0.25, -0.2) is 0 Å². The molecule has 0 aromatic heterocycles. The van der Waals surface area contributed by atoms with Gasteiger partial charge in [-0.15, -0.1) is 0 Å². The fraction of sp³-hybridized carbons (Fsp3) is 1.00. The van der Waals surface area contributed by atoms with Crippen LogP contribution in [-0.4, -0.2) is 38.5 Å². The first-order valence-corrected chi connectivity index (χ1v) is 7.05. The highest BCUT2D eigenvalue weighted by atomic mass is 16.7. The van der Waals surface area contributed by atoms with E-state index in [4.69, 9.17) is 18.9 Å². The minimum atomic E-state index is -0.0355. The number of methoxy groups -OCH3 is 1. The maximum atomic E-state index is 5.82. The molecule has 0 aromatic carbocycles. The van der Waals surface area contributed by atoms with Gasteiger partial charge in [0, 0.05) is 19.4 Å². The van der Waals surface area contributed by atoms with Gasteiger partial charge in [-0.3, -0.25) is 0 Å². The van der Waals surface area contributed by atoms with E-state index in [1.54, 1.807) is 7.11 Å². The van der Waals surface area contributed by atoms with E-state index in [0.29, 0.717) is 24.5 Å². The second-order valence-corrected chi connectivity index (χ2v) is 5.74. The Morgan fingerprint density at radius 1 is 1.06 bits per heavy atom. The second-order valence-electron chi connectivity index (χ2n) is 5.74. The second kappa shape index (κ2) is 6.33. The van der Waals surface area contributed by atoms with Gasteiger partial charge < -0.3 is 18.9 Å². The topological polar surface area (TPSA) is 36.9 Å². The predicted octanol–water partition coefficient (Wildman–Crippen LogP) is 2.56. The molecule has 2 fully saturated rings. The van der Waals surface area contributed by atoms with Crippen LogP contribution in [-0.2, 0) is 18.9 Å². The fourth-order valence-electron chi connectivity index (χ4n) is 2.90. The molecule has 0 saturated carbocycles. The lowest BCUT2D eigenvalue weighted by Crippen LogP contribution is -2.23. The highest BCUT2D eigenvalue weighted by molar-refractivity contribution is 4.76. The molecule has 2 aliphatic rings. The van der Waals surface area contributed by atoms with Crippen molar-refractivity contribution in [1.29, 1.82) is 0 Å². The molecule has 0 aliphatic carbocycles. The van der Waals surface area contributed by atoms with E-state index in [0.717, 1.165) is 19.3 Å². The average molecular weight is 258 g/mol. The lowest BCUT2D eigenvalue weighted by Gasteiger charge is -2.19. The van der Waals surface area contributed by atoms with E-state index in [1.807, 2.05) is 0 Å². The van der Waals surface area contributed by atoms with Crippen LogP contribution >= 0.6 is 0 Å². The molecule has 0 amide bonds. The van der Waals surface area contributed by atoms with Crippen LogP contribution in [0.1, 0.15) is 40.0 Å². The van der Waals surface area contributed by atoms with Crippen molar-refractivity contribution in [2.24, 2.45) is 11.8 Å². The van der Waals surface area contributed by atoms with Crippen LogP contribution in [0.2, 0.25) is 0 Å². The first-order valence-electron chi connectivity index (χ1n) is 7.05. The summed E-state index contributed by atoms with van der Waals surface area (Å²) in [5.41, 5.74) is 0. The van der Waals surface area contributed by atoms with Gasteiger partial charge in [0.1, 0.15) is 0 Å². The summed E-state index contributed by atoms with van der Waals surface area (Å²) < 4.78 is 22.6. The summed E-state index contributed by atoms with van der Waals surface area (Å²) >= 11 is 0. The number of ether oxygens (including phenoxy) is 4. The maximum absolute atomic E-state index is 5.82. The van der Waals surface area contributed by atoms with Crippen molar-refractivity contribution >= 4 is 0 Å². The summed E-state index contributed by atoms with van der Waals surface area (Å²) in [6.45, 7) is 7.20. The Balaban J connectivity index is 1.66. The van der Waals surface area contributed by atoms with Crippen molar-refractivity contribution in [3.05, 3.63) is 0 Å². The molecule has 18 heavy (non-hydrogen) atoms. The molecule has 6 atom stereocenters. The van der Waals surface area contributed by atoms with Crippen LogP contribution < -0.4 is 0 Å². The van der Waals surface area contributed by atoms with Gasteiger partial charge in [-0.05, 0) is 25.7 Å².